The third-order valence-corrected chi connectivity index (χ3v) is 4.54. The van der Waals surface area contributed by atoms with Gasteiger partial charge in [0.1, 0.15) is 0 Å². The van der Waals surface area contributed by atoms with Crippen LogP contribution in [0.25, 0.3) is 0 Å². The zero-order valence-corrected chi connectivity index (χ0v) is 12.2. The van der Waals surface area contributed by atoms with Crippen LogP contribution in [0.15, 0.2) is 30.5 Å². The Morgan fingerprint density at radius 2 is 2.27 bits per heavy atom. The highest BCUT2D eigenvalue weighted by molar-refractivity contribution is 5.37. The van der Waals surface area contributed by atoms with Crippen molar-refractivity contribution in [2.24, 2.45) is 0 Å². The first-order valence-corrected chi connectivity index (χ1v) is 7.56. The van der Waals surface area contributed by atoms with E-state index in [4.69, 9.17) is 4.74 Å². The third kappa shape index (κ3) is 2.28. The summed E-state index contributed by atoms with van der Waals surface area (Å²) < 4.78 is 7.94. The monoisotopic (exact) mass is 295 g/mol. The van der Waals surface area contributed by atoms with E-state index in [2.05, 4.69) is 21.3 Å². The van der Waals surface area contributed by atoms with Gasteiger partial charge in [0.15, 0.2) is 0 Å². The van der Waals surface area contributed by atoms with Gasteiger partial charge < -0.3 is 4.74 Å². The number of hydrogen-bond donors (Lipinski definition) is 0. The fourth-order valence-electron chi connectivity index (χ4n) is 3.40. The molecule has 2 aliphatic heterocycles. The van der Waals surface area contributed by atoms with E-state index in [1.54, 1.807) is 6.20 Å². The summed E-state index contributed by atoms with van der Waals surface area (Å²) in [5.41, 5.74) is 2.88. The number of piperidine rings is 1. The van der Waals surface area contributed by atoms with Gasteiger partial charge in [-0.1, -0.05) is 23.4 Å². The highest BCUT2D eigenvalue weighted by Gasteiger charge is 2.36. The minimum absolute atomic E-state index is 0.217. The quantitative estimate of drug-likeness (QED) is 0.840. The Morgan fingerprint density at radius 3 is 3.18 bits per heavy atom. The average molecular weight is 295 g/mol. The molecule has 0 saturated carbocycles. The molecule has 1 fully saturated rings. The van der Waals surface area contributed by atoms with E-state index in [-0.39, 0.29) is 12.1 Å². The topological polar surface area (TPSA) is 67.0 Å². The summed E-state index contributed by atoms with van der Waals surface area (Å²) in [5, 5.41) is 17.5. The molecule has 6 nitrogen and oxygen atoms in total. The number of nitriles is 1. The Hall–Kier alpha value is -2.23. The van der Waals surface area contributed by atoms with Crippen LogP contribution in [0.5, 0.6) is 0 Å². The summed E-state index contributed by atoms with van der Waals surface area (Å²) >= 11 is 0. The SMILES string of the molecule is N#Cc1ccccc1CN1CC[C@H]2OCc3cnnn3[C@@H]2C1. The van der Waals surface area contributed by atoms with E-state index in [0.717, 1.165) is 42.9 Å². The Kier molecular flexibility index (Phi) is 3.37. The van der Waals surface area contributed by atoms with Gasteiger partial charge >= 0.3 is 0 Å². The smallest absolute Gasteiger partial charge is 0.0995 e. The molecule has 0 aliphatic carbocycles. The molecule has 0 bridgehead atoms. The van der Waals surface area contributed by atoms with E-state index in [0.29, 0.717) is 6.61 Å². The summed E-state index contributed by atoms with van der Waals surface area (Å²) in [6, 6.07) is 10.3. The van der Waals surface area contributed by atoms with Crippen LogP contribution >= 0.6 is 0 Å². The van der Waals surface area contributed by atoms with Gasteiger partial charge in [-0.3, -0.25) is 4.90 Å². The van der Waals surface area contributed by atoms with Crippen LogP contribution < -0.4 is 0 Å². The molecular weight excluding hydrogens is 278 g/mol. The Balaban J connectivity index is 1.54. The summed E-state index contributed by atoms with van der Waals surface area (Å²) in [7, 11) is 0. The number of ether oxygens (including phenoxy) is 1. The van der Waals surface area contributed by atoms with E-state index < -0.39 is 0 Å². The average Bonchev–Trinajstić information content (AvgIpc) is 3.04. The lowest BCUT2D eigenvalue weighted by Crippen LogP contribution is -2.47. The van der Waals surface area contributed by atoms with Crippen LogP contribution in [0.3, 0.4) is 0 Å². The molecule has 0 N–H and O–H groups in total. The molecule has 6 heteroatoms. The third-order valence-electron chi connectivity index (χ3n) is 4.54. The maximum absolute atomic E-state index is 9.23. The van der Waals surface area contributed by atoms with Crippen LogP contribution in [-0.4, -0.2) is 39.1 Å². The number of likely N-dealkylation sites (tertiary alicyclic amines) is 1. The number of nitrogens with zero attached hydrogens (tertiary/aromatic N) is 5. The van der Waals surface area contributed by atoms with Crippen LogP contribution in [0.1, 0.15) is 29.3 Å². The molecule has 22 heavy (non-hydrogen) atoms. The maximum atomic E-state index is 9.23. The van der Waals surface area contributed by atoms with Gasteiger partial charge in [0, 0.05) is 19.6 Å². The zero-order chi connectivity index (χ0) is 14.9. The largest absolute Gasteiger partial charge is 0.370 e. The second kappa shape index (κ2) is 5.52. The Bertz CT molecular complexity index is 719. The van der Waals surface area contributed by atoms with Crippen LogP contribution in [0, 0.1) is 11.3 Å². The minimum Gasteiger partial charge on any atom is -0.370 e. The lowest BCUT2D eigenvalue weighted by Gasteiger charge is -2.41. The van der Waals surface area contributed by atoms with Crippen molar-refractivity contribution < 1.29 is 4.74 Å². The first-order valence-electron chi connectivity index (χ1n) is 7.56. The van der Waals surface area contributed by atoms with E-state index >= 15 is 0 Å². The first kappa shape index (κ1) is 13.4. The molecule has 1 saturated heterocycles. The van der Waals surface area contributed by atoms with Crippen molar-refractivity contribution in [2.75, 3.05) is 13.1 Å². The number of benzene rings is 1. The molecule has 2 atom stereocenters. The molecule has 112 valence electrons. The minimum atomic E-state index is 0.217. The molecule has 4 rings (SSSR count). The molecular formula is C16H17N5O. The number of aromatic nitrogens is 3. The standard InChI is InChI=1S/C16H17N5O/c17-7-12-3-1-2-4-13(12)9-20-6-5-16-15(10-20)21-14(11-22-16)8-18-19-21/h1-4,8,15-16H,5-6,9-11H2/t15-,16-/m1/s1. The fourth-order valence-corrected chi connectivity index (χ4v) is 3.40. The Labute approximate surface area is 128 Å². The van der Waals surface area contributed by atoms with Crippen molar-refractivity contribution in [3.63, 3.8) is 0 Å². The summed E-state index contributed by atoms with van der Waals surface area (Å²) in [6.45, 7) is 3.24. The number of fused-ring (bicyclic) bond motifs is 3. The van der Waals surface area contributed by atoms with Gasteiger partial charge in [-0.05, 0) is 18.1 Å². The van der Waals surface area contributed by atoms with Crippen molar-refractivity contribution in [3.05, 3.63) is 47.3 Å². The van der Waals surface area contributed by atoms with Crippen molar-refractivity contribution in [3.8, 4) is 6.07 Å². The summed E-state index contributed by atoms with van der Waals surface area (Å²) in [5.74, 6) is 0. The molecule has 0 amide bonds. The van der Waals surface area contributed by atoms with E-state index in [1.165, 1.54) is 0 Å². The summed E-state index contributed by atoms with van der Waals surface area (Å²) in [4.78, 5) is 2.37. The van der Waals surface area contributed by atoms with Crippen molar-refractivity contribution in [1.82, 2.24) is 19.9 Å². The molecule has 2 aliphatic rings. The van der Waals surface area contributed by atoms with E-state index in [1.807, 2.05) is 28.9 Å². The fraction of sp³-hybridized carbons (Fsp3) is 0.438. The van der Waals surface area contributed by atoms with E-state index in [9.17, 15) is 5.26 Å². The van der Waals surface area contributed by atoms with Crippen LogP contribution in [0.2, 0.25) is 0 Å². The van der Waals surface area contributed by atoms with Crippen molar-refractivity contribution >= 4 is 0 Å². The molecule has 0 unspecified atom stereocenters. The number of rotatable bonds is 2. The lowest BCUT2D eigenvalue weighted by atomic mass is 9.99. The van der Waals surface area contributed by atoms with Gasteiger partial charge in [-0.2, -0.15) is 5.26 Å². The maximum Gasteiger partial charge on any atom is 0.0995 e. The molecule has 3 heterocycles. The second-order valence-corrected chi connectivity index (χ2v) is 5.88. The van der Waals surface area contributed by atoms with Crippen molar-refractivity contribution in [1.29, 1.82) is 5.26 Å². The van der Waals surface area contributed by atoms with Crippen LogP contribution in [-0.2, 0) is 17.9 Å². The lowest BCUT2D eigenvalue weighted by molar-refractivity contribution is -0.0669. The second-order valence-electron chi connectivity index (χ2n) is 5.88. The van der Waals surface area contributed by atoms with Gasteiger partial charge in [0.2, 0.25) is 0 Å². The zero-order valence-electron chi connectivity index (χ0n) is 12.2. The predicted molar refractivity (Wildman–Crippen MR) is 78.7 cm³/mol. The molecule has 1 aromatic carbocycles. The normalized spacial score (nSPS) is 24.3. The van der Waals surface area contributed by atoms with Crippen molar-refractivity contribution in [2.45, 2.75) is 31.7 Å². The molecule has 0 radical (unpaired) electrons. The van der Waals surface area contributed by atoms with Crippen LogP contribution in [0.4, 0.5) is 0 Å². The molecule has 0 spiro atoms. The highest BCUT2D eigenvalue weighted by Crippen LogP contribution is 2.30. The Morgan fingerprint density at radius 1 is 1.36 bits per heavy atom. The van der Waals surface area contributed by atoms with Gasteiger partial charge in [0.05, 0.1) is 42.3 Å². The molecule has 2 aromatic rings. The number of hydrogen-bond acceptors (Lipinski definition) is 5. The highest BCUT2D eigenvalue weighted by atomic mass is 16.5. The molecule has 1 aromatic heterocycles. The first-order chi connectivity index (χ1) is 10.8. The van der Waals surface area contributed by atoms with Gasteiger partial charge in [-0.15, -0.1) is 5.10 Å². The predicted octanol–water partition coefficient (Wildman–Crippen LogP) is 1.50. The van der Waals surface area contributed by atoms with Gasteiger partial charge in [-0.25, -0.2) is 4.68 Å². The summed E-state index contributed by atoms with van der Waals surface area (Å²) in [6.07, 6.45) is 2.98. The van der Waals surface area contributed by atoms with Gasteiger partial charge in [0.25, 0.3) is 0 Å².